The van der Waals surface area contributed by atoms with Gasteiger partial charge in [-0.2, -0.15) is 0 Å². The molecule has 0 spiro atoms. The number of rotatable bonds is 33. The highest BCUT2D eigenvalue weighted by Crippen LogP contribution is 2.31. The van der Waals surface area contributed by atoms with Gasteiger partial charge < -0.3 is 118 Å². The first kappa shape index (κ1) is 112. The van der Waals surface area contributed by atoms with Crippen LogP contribution in [-0.4, -0.2) is 253 Å². The number of nitrogens with two attached hydrogens (primary N) is 8. The Labute approximate surface area is 772 Å². The summed E-state index contributed by atoms with van der Waals surface area (Å²) >= 11 is 0. The second kappa shape index (κ2) is 59.3. The molecule has 0 saturated heterocycles. The van der Waals surface area contributed by atoms with Crippen LogP contribution in [0, 0.1) is 26.0 Å². The highest BCUT2D eigenvalue weighted by molar-refractivity contribution is 5.93. The predicted molar refractivity (Wildman–Crippen MR) is 525 cm³/mol. The molecule has 0 fully saturated rings. The Balaban J connectivity index is 0.000000409. The number of fused-ring (bicyclic) bond motifs is 3. The fourth-order valence-electron chi connectivity index (χ4n) is 11.4. The highest BCUT2D eigenvalue weighted by Gasteiger charge is 2.16. The number of aromatic amines is 3. The number of carboxylic acid groups (broad SMARTS) is 2. The Morgan fingerprint density at radius 2 is 0.692 bits per heavy atom. The largest absolute Gasteiger partial charge is 0.497 e. The highest BCUT2D eigenvalue weighted by atomic mass is 19.1. The van der Waals surface area contributed by atoms with Gasteiger partial charge in [-0.15, -0.1) is 0 Å². The standard InChI is InChI=1S/C26H25N5O3.C19H21N3O2.C11H17N3O3.C11H19N3O.C8H8O2.C7H8N2O2.C6H5FN2O2.C5H13NO.CH4.H4N2.H2O/c1-31(2)12-3-13-34-19-9-11-21-23(15-19)30-25(28-21)17-6-4-16(5-7-17)24-27-20-10-8-18(26(32)33)14-22(20)29-24;1-22(2)10-3-11-24-16-8-9-17-18(12-16)21-19(20-17)15-6-4-14(13-23)5-7-15;1-13(2)6-3-7-17-9-4-5-11(14(15)16)10(12)8-9;1-14(2)6-3-7-15-9-4-5-10(12)11(13)8-9;1-10-8-4-2-7(6-9)3-5-8;8-5-2-1-4(7(10)11)3-6(5)9;7-4-1-2-6(9(10)11)5(8)3-4;1-6(2)4-3-5-7;;1-2;/h4-11,14-15H,3,12-13H2,1-2H3,(H,27,29)(H,28,30)(H,32,33);4-9,12-13H,3,10-11H2,1-2H3,(H,20,21);4-5,8H,3,6-7,12H2,1-2H3;4-5,8H,3,6-7,12-13H2,1-2H3;2-6H,1H3;1-3H,8-9H2,(H,10,11);1-3H,8H2;7H,3-5H2,1-2H3;1H4;1-2H2;1H2. The lowest BCUT2D eigenvalue weighted by molar-refractivity contribution is -0.384. The molecule has 10 aromatic carbocycles. The fourth-order valence-corrected chi connectivity index (χ4v) is 11.4. The number of aliphatic hydroxyl groups is 1. The molecule has 0 radical (unpaired) electrons. The molecule has 24 N–H and O–H groups in total. The van der Waals surface area contributed by atoms with Crippen LogP contribution in [0.4, 0.5) is 49.9 Å². The molecular weight excluding hydrogens is 1710 g/mol. The van der Waals surface area contributed by atoms with Crippen molar-refractivity contribution in [2.45, 2.75) is 39.5 Å². The molecule has 3 aromatic heterocycles. The second-order valence-electron chi connectivity index (χ2n) is 30.1. The SMILES string of the molecule is C.CN(C)CCCO.CN(C)CCCOc1ccc(N)c(N)c1.CN(C)CCCOc1ccc([N+](=O)[O-])c(N)c1.CN(C)CCCOc1ccc2nc(-c3ccc(-c4nc5ccc(C(=O)O)cc5[nH]4)cc3)[nH]c2c1.CN(C)CCCOc1ccc2nc(-c3ccc(C=O)cc3)[nH]c2c1.COc1ccc(C=O)cc1.NN.Nc1cc(F)ccc1[N+](=O)[O-].Nc1ccc(C(=O)O)cc1N.O. The number of aliphatic hydroxyl groups excluding tert-OH is 1. The van der Waals surface area contributed by atoms with Gasteiger partial charge in [0.2, 0.25) is 0 Å². The zero-order chi connectivity index (χ0) is 96.7. The van der Waals surface area contributed by atoms with Crippen LogP contribution in [0.2, 0.25) is 0 Å². The number of nitrogen functional groups attached to an aromatic ring is 6. The number of nitro benzene ring substituents is 2. The van der Waals surface area contributed by atoms with Crippen molar-refractivity contribution in [2.24, 2.45) is 11.7 Å². The number of aldehydes is 2. The van der Waals surface area contributed by atoms with E-state index in [0.717, 1.165) is 175 Å². The number of imidazole rings is 3. The quantitative estimate of drug-likeness (QED) is 0.00454. The third-order valence-corrected chi connectivity index (χ3v) is 18.3. The molecule has 39 heteroatoms. The Kier molecular flexibility index (Phi) is 50.0. The number of halogens is 1. The number of carboxylic acids is 2. The topological polar surface area (TPSA) is 603 Å². The molecule has 13 aromatic rings. The van der Waals surface area contributed by atoms with Gasteiger partial charge in [0.1, 0.15) is 76.0 Å². The van der Waals surface area contributed by atoms with Gasteiger partial charge >= 0.3 is 11.9 Å². The fraction of sp³-hybridized carbons (Fsp3) is 0.287. The lowest BCUT2D eigenvalue weighted by Gasteiger charge is -2.11. The van der Waals surface area contributed by atoms with Crippen LogP contribution < -0.4 is 69.8 Å². The van der Waals surface area contributed by atoms with Crippen molar-refractivity contribution >= 4 is 103 Å². The number of benzene rings is 10. The smallest absolute Gasteiger partial charge is 0.335 e. The third-order valence-electron chi connectivity index (χ3n) is 18.3. The van der Waals surface area contributed by atoms with Crippen molar-refractivity contribution in [2.75, 3.05) is 178 Å². The maximum Gasteiger partial charge on any atom is 0.335 e. The van der Waals surface area contributed by atoms with E-state index in [9.17, 15) is 48.9 Å². The van der Waals surface area contributed by atoms with E-state index in [-0.39, 0.29) is 46.8 Å². The van der Waals surface area contributed by atoms with Crippen LogP contribution >= 0.6 is 0 Å². The summed E-state index contributed by atoms with van der Waals surface area (Å²) in [5.74, 6) is 11.5. The number of aromatic carboxylic acids is 2. The van der Waals surface area contributed by atoms with Crippen LogP contribution in [0.5, 0.6) is 28.7 Å². The molecule has 0 saturated carbocycles. The van der Waals surface area contributed by atoms with Crippen LogP contribution in [0.1, 0.15) is 81.0 Å². The molecule has 0 amide bonds. The van der Waals surface area contributed by atoms with E-state index in [1.54, 1.807) is 79.9 Å². The number of carbonyl (C=O) groups excluding carboxylic acids is 2. The van der Waals surface area contributed by atoms with Crippen molar-refractivity contribution in [3.63, 3.8) is 0 Å². The molecule has 13 rings (SSSR count). The van der Waals surface area contributed by atoms with Gasteiger partial charge in [-0.25, -0.2) is 28.9 Å². The number of H-pyrrole nitrogens is 3. The monoisotopic (exact) mass is 1840 g/mol. The number of hydrogen-bond acceptors (Lipinski definition) is 30. The summed E-state index contributed by atoms with van der Waals surface area (Å²) in [6, 6.07) is 55.7. The summed E-state index contributed by atoms with van der Waals surface area (Å²) in [5.41, 5.74) is 43.7. The first-order chi connectivity index (χ1) is 62.6. The third kappa shape index (κ3) is 40.3. The number of ether oxygens (including phenoxy) is 5. The molecular formula is C94H126FN21O17. The minimum absolute atomic E-state index is 0. The van der Waals surface area contributed by atoms with E-state index in [1.165, 1.54) is 30.3 Å². The maximum atomic E-state index is 12.3. The lowest BCUT2D eigenvalue weighted by atomic mass is 10.1. The van der Waals surface area contributed by atoms with E-state index in [0.29, 0.717) is 84.0 Å². The first-order valence-electron chi connectivity index (χ1n) is 41.0. The van der Waals surface area contributed by atoms with Crippen molar-refractivity contribution < 1.29 is 77.9 Å². The van der Waals surface area contributed by atoms with Gasteiger partial charge in [-0.1, -0.05) is 56.0 Å². The summed E-state index contributed by atoms with van der Waals surface area (Å²) in [6.07, 6.45) is 6.37. The number of aromatic nitrogens is 6. The van der Waals surface area contributed by atoms with E-state index < -0.39 is 27.6 Å². The summed E-state index contributed by atoms with van der Waals surface area (Å²) in [6.45, 7) is 7.86. The minimum atomic E-state index is -1.00. The van der Waals surface area contributed by atoms with Crippen LogP contribution in [0.3, 0.4) is 0 Å². The Morgan fingerprint density at radius 1 is 0.398 bits per heavy atom. The van der Waals surface area contributed by atoms with Crippen molar-refractivity contribution in [1.82, 2.24) is 54.4 Å². The maximum absolute atomic E-state index is 12.3. The minimum Gasteiger partial charge on any atom is -0.497 e. The molecule has 133 heavy (non-hydrogen) atoms. The number of carbonyl (C=O) groups is 4. The number of hydrazine groups is 1. The number of nitro groups is 2. The van der Waals surface area contributed by atoms with Gasteiger partial charge in [0.15, 0.2) is 0 Å². The van der Waals surface area contributed by atoms with Gasteiger partial charge in [0, 0.05) is 103 Å². The second-order valence-corrected chi connectivity index (χ2v) is 30.1. The summed E-state index contributed by atoms with van der Waals surface area (Å²) in [4.78, 5) is 96.3. The Morgan fingerprint density at radius 3 is 1.02 bits per heavy atom. The molecule has 0 unspecified atom stereocenters. The van der Waals surface area contributed by atoms with Crippen molar-refractivity contribution in [3.05, 3.63) is 248 Å². The number of hydrogen-bond donors (Lipinski definition) is 14. The van der Waals surface area contributed by atoms with E-state index in [4.69, 9.17) is 73.3 Å². The predicted octanol–water partition coefficient (Wildman–Crippen LogP) is 12.8. The van der Waals surface area contributed by atoms with Crippen LogP contribution in [-0.2, 0) is 0 Å². The van der Waals surface area contributed by atoms with Gasteiger partial charge in [-0.05, 0) is 218 Å². The zero-order valence-electron chi connectivity index (χ0n) is 75.9. The zero-order valence-corrected chi connectivity index (χ0v) is 75.9. The van der Waals surface area contributed by atoms with Gasteiger partial charge in [0.05, 0.1) is 110 Å². The van der Waals surface area contributed by atoms with E-state index in [2.05, 4.69) is 89.3 Å². The lowest BCUT2D eigenvalue weighted by Crippen LogP contribution is -2.15. The number of nitrogens with zero attached hydrogens (tertiary/aromatic N) is 10. The van der Waals surface area contributed by atoms with Gasteiger partial charge in [0.25, 0.3) is 11.4 Å². The van der Waals surface area contributed by atoms with E-state index >= 15 is 0 Å². The van der Waals surface area contributed by atoms with Crippen LogP contribution in [0.15, 0.2) is 200 Å². The molecule has 0 aliphatic rings. The number of nitrogens with one attached hydrogen (secondary N) is 3. The number of methoxy groups -OCH3 is 1. The molecule has 0 atom stereocenters. The molecule has 0 bridgehead atoms. The first-order valence-corrected chi connectivity index (χ1v) is 41.0. The van der Waals surface area contributed by atoms with Gasteiger partial charge in [-0.3, -0.25) is 41.5 Å². The molecule has 3 heterocycles. The van der Waals surface area contributed by atoms with Crippen molar-refractivity contribution in [3.8, 4) is 62.9 Å². The van der Waals surface area contributed by atoms with E-state index in [1.807, 2.05) is 121 Å². The summed E-state index contributed by atoms with van der Waals surface area (Å²) < 4.78 is 39.8. The Bertz CT molecular complexity index is 5700. The molecule has 38 nitrogen and oxygen atoms in total. The normalized spacial score (nSPS) is 10.3. The average Bonchev–Trinajstić information content (AvgIpc) is 1.66. The summed E-state index contributed by atoms with van der Waals surface area (Å²) in [7, 11) is 21.9. The number of anilines is 6. The summed E-state index contributed by atoms with van der Waals surface area (Å²) in [5, 5.41) is 46.7. The molecule has 0 aliphatic carbocycles. The molecule has 716 valence electrons. The van der Waals surface area contributed by atoms with Crippen molar-refractivity contribution in [1.29, 1.82) is 0 Å². The molecule has 0 aliphatic heterocycles. The Hall–Kier alpha value is -14.9. The average molecular weight is 1840 g/mol. The van der Waals surface area contributed by atoms with Crippen LogP contribution in [0.25, 0.3) is 67.3 Å².